The molecule has 190 valence electrons. The molecule has 3 aromatic rings. The van der Waals surface area contributed by atoms with Gasteiger partial charge in [-0.2, -0.15) is 0 Å². The third-order valence-corrected chi connectivity index (χ3v) is 7.77. The molecule has 0 radical (unpaired) electrons. The zero-order valence-electron chi connectivity index (χ0n) is 20.8. The number of carbonyl (C=O) groups is 2. The largest absolute Gasteiger partial charge is 0.497 e. The Hall–Kier alpha value is -3.85. The summed E-state index contributed by atoms with van der Waals surface area (Å²) in [6.07, 6.45) is 0. The molecule has 0 saturated heterocycles. The maximum atomic E-state index is 13.7. The van der Waals surface area contributed by atoms with Gasteiger partial charge in [0.1, 0.15) is 18.3 Å². The second-order valence-electron chi connectivity index (χ2n) is 8.26. The SMILES string of the molecule is CNC(=O)[C@@H](C)N(Cc1ccccc1C)C(=O)CN(c1ccc(OC)cc1)S(=O)(=O)c1ccccc1. The first-order valence-corrected chi connectivity index (χ1v) is 12.9. The highest BCUT2D eigenvalue weighted by Gasteiger charge is 2.32. The van der Waals surface area contributed by atoms with E-state index in [1.807, 2.05) is 31.2 Å². The Labute approximate surface area is 212 Å². The van der Waals surface area contributed by atoms with E-state index in [2.05, 4.69) is 5.32 Å². The number of sulfonamides is 1. The van der Waals surface area contributed by atoms with Crippen LogP contribution in [-0.4, -0.2) is 51.9 Å². The van der Waals surface area contributed by atoms with Gasteiger partial charge in [-0.1, -0.05) is 42.5 Å². The van der Waals surface area contributed by atoms with Gasteiger partial charge in [0.05, 0.1) is 17.7 Å². The van der Waals surface area contributed by atoms with Crippen LogP contribution >= 0.6 is 0 Å². The first-order chi connectivity index (χ1) is 17.2. The third kappa shape index (κ3) is 6.04. The summed E-state index contributed by atoms with van der Waals surface area (Å²) in [6.45, 7) is 3.21. The molecule has 1 atom stereocenters. The topological polar surface area (TPSA) is 96.0 Å². The lowest BCUT2D eigenvalue weighted by Gasteiger charge is -2.32. The Kier molecular flexibility index (Phi) is 8.71. The summed E-state index contributed by atoms with van der Waals surface area (Å²) >= 11 is 0. The van der Waals surface area contributed by atoms with Gasteiger partial charge in [-0.15, -0.1) is 0 Å². The number of carbonyl (C=O) groups excluding carboxylic acids is 2. The van der Waals surface area contributed by atoms with Crippen LogP contribution in [0.15, 0.2) is 83.8 Å². The highest BCUT2D eigenvalue weighted by Crippen LogP contribution is 2.26. The fourth-order valence-electron chi connectivity index (χ4n) is 3.76. The average Bonchev–Trinajstić information content (AvgIpc) is 2.90. The van der Waals surface area contributed by atoms with Crippen molar-refractivity contribution in [3.05, 3.63) is 90.0 Å². The summed E-state index contributed by atoms with van der Waals surface area (Å²) in [6, 6.07) is 21.1. The van der Waals surface area contributed by atoms with E-state index in [0.29, 0.717) is 11.4 Å². The van der Waals surface area contributed by atoms with Gasteiger partial charge in [0.2, 0.25) is 11.8 Å². The van der Waals surface area contributed by atoms with E-state index in [-0.39, 0.29) is 17.3 Å². The number of anilines is 1. The quantitative estimate of drug-likeness (QED) is 0.452. The van der Waals surface area contributed by atoms with Gasteiger partial charge in [-0.3, -0.25) is 13.9 Å². The maximum Gasteiger partial charge on any atom is 0.264 e. The summed E-state index contributed by atoms with van der Waals surface area (Å²) in [5.74, 6) is -0.305. The molecule has 2 amide bonds. The van der Waals surface area contributed by atoms with Gasteiger partial charge in [-0.25, -0.2) is 8.42 Å². The van der Waals surface area contributed by atoms with Gasteiger partial charge in [0.15, 0.2) is 0 Å². The van der Waals surface area contributed by atoms with Crippen LogP contribution in [0.25, 0.3) is 0 Å². The monoisotopic (exact) mass is 509 g/mol. The summed E-state index contributed by atoms with van der Waals surface area (Å²) in [5, 5.41) is 2.58. The van der Waals surface area contributed by atoms with Gasteiger partial charge in [0.25, 0.3) is 10.0 Å². The van der Waals surface area contributed by atoms with E-state index < -0.39 is 28.5 Å². The molecular weight excluding hydrogens is 478 g/mol. The maximum absolute atomic E-state index is 13.7. The Morgan fingerprint density at radius 3 is 2.14 bits per heavy atom. The molecule has 0 bridgehead atoms. The minimum Gasteiger partial charge on any atom is -0.497 e. The lowest BCUT2D eigenvalue weighted by atomic mass is 10.1. The molecule has 1 N–H and O–H groups in total. The normalized spacial score (nSPS) is 11.9. The van der Waals surface area contributed by atoms with Crippen molar-refractivity contribution in [1.82, 2.24) is 10.2 Å². The van der Waals surface area contributed by atoms with E-state index in [0.717, 1.165) is 15.4 Å². The Balaban J connectivity index is 2.03. The number of rotatable bonds is 10. The van der Waals surface area contributed by atoms with Crippen LogP contribution in [0.4, 0.5) is 5.69 Å². The second kappa shape index (κ2) is 11.7. The average molecular weight is 510 g/mol. The first-order valence-electron chi connectivity index (χ1n) is 11.5. The highest BCUT2D eigenvalue weighted by atomic mass is 32.2. The number of ether oxygens (including phenoxy) is 1. The smallest absolute Gasteiger partial charge is 0.264 e. The number of methoxy groups -OCH3 is 1. The summed E-state index contributed by atoms with van der Waals surface area (Å²) in [4.78, 5) is 27.7. The summed E-state index contributed by atoms with van der Waals surface area (Å²) in [7, 11) is -1.08. The zero-order chi connectivity index (χ0) is 26.3. The number of amides is 2. The predicted octanol–water partition coefficient (Wildman–Crippen LogP) is 3.36. The van der Waals surface area contributed by atoms with Crippen LogP contribution in [0.2, 0.25) is 0 Å². The number of nitrogens with zero attached hydrogens (tertiary/aromatic N) is 2. The number of benzene rings is 3. The van der Waals surface area contributed by atoms with E-state index in [4.69, 9.17) is 4.74 Å². The van der Waals surface area contributed by atoms with Crippen molar-refractivity contribution in [2.45, 2.75) is 31.3 Å². The molecular formula is C27H31N3O5S. The molecule has 9 heteroatoms. The molecule has 0 spiro atoms. The number of nitrogens with one attached hydrogen (secondary N) is 1. The van der Waals surface area contributed by atoms with Crippen LogP contribution < -0.4 is 14.4 Å². The van der Waals surface area contributed by atoms with Crippen molar-refractivity contribution in [1.29, 1.82) is 0 Å². The molecule has 0 fully saturated rings. The van der Waals surface area contributed by atoms with Gasteiger partial charge in [0, 0.05) is 13.6 Å². The molecule has 3 aromatic carbocycles. The second-order valence-corrected chi connectivity index (χ2v) is 10.1. The van der Waals surface area contributed by atoms with Crippen LogP contribution in [0, 0.1) is 6.92 Å². The molecule has 0 saturated carbocycles. The number of hydrogen-bond donors (Lipinski definition) is 1. The first kappa shape index (κ1) is 26.7. The van der Waals surface area contributed by atoms with Crippen molar-refractivity contribution in [2.75, 3.05) is 25.0 Å². The van der Waals surface area contributed by atoms with Gasteiger partial charge in [-0.05, 0) is 61.4 Å². The van der Waals surface area contributed by atoms with E-state index in [1.165, 1.54) is 31.2 Å². The Bertz CT molecular complexity index is 1290. The molecule has 0 heterocycles. The van der Waals surface area contributed by atoms with Crippen LogP contribution in [0.5, 0.6) is 5.75 Å². The number of hydrogen-bond acceptors (Lipinski definition) is 5. The van der Waals surface area contributed by atoms with Gasteiger partial charge < -0.3 is 15.0 Å². The molecule has 0 aliphatic rings. The van der Waals surface area contributed by atoms with Crippen LogP contribution in [-0.2, 0) is 26.2 Å². The summed E-state index contributed by atoms with van der Waals surface area (Å²) < 4.78 is 33.6. The molecule has 0 aliphatic carbocycles. The highest BCUT2D eigenvalue weighted by molar-refractivity contribution is 7.92. The van der Waals surface area contributed by atoms with Crippen molar-refractivity contribution < 1.29 is 22.7 Å². The van der Waals surface area contributed by atoms with Crippen molar-refractivity contribution >= 4 is 27.5 Å². The van der Waals surface area contributed by atoms with Crippen molar-refractivity contribution in [2.24, 2.45) is 0 Å². The number of likely N-dealkylation sites (N-methyl/N-ethyl adjacent to an activating group) is 1. The van der Waals surface area contributed by atoms with Crippen LogP contribution in [0.3, 0.4) is 0 Å². The molecule has 3 rings (SSSR count). The minimum absolute atomic E-state index is 0.0541. The molecule has 8 nitrogen and oxygen atoms in total. The Morgan fingerprint density at radius 1 is 0.944 bits per heavy atom. The standard InChI is InChI=1S/C27H31N3O5S/c1-20-10-8-9-11-22(20)18-29(21(2)27(32)28-3)26(31)19-30(23-14-16-24(35-4)17-15-23)36(33,34)25-12-6-5-7-13-25/h5-17,21H,18-19H2,1-4H3,(H,28,32)/t21-/m1/s1. The number of aryl methyl sites for hydroxylation is 1. The van der Waals surface area contributed by atoms with Crippen LogP contribution in [0.1, 0.15) is 18.1 Å². The minimum atomic E-state index is -4.09. The summed E-state index contributed by atoms with van der Waals surface area (Å²) in [5.41, 5.74) is 2.13. The van der Waals surface area contributed by atoms with E-state index >= 15 is 0 Å². The molecule has 0 unspecified atom stereocenters. The fraction of sp³-hybridized carbons (Fsp3) is 0.259. The predicted molar refractivity (Wildman–Crippen MR) is 139 cm³/mol. The molecule has 36 heavy (non-hydrogen) atoms. The van der Waals surface area contributed by atoms with Crippen molar-refractivity contribution in [3.8, 4) is 5.75 Å². The molecule has 0 aromatic heterocycles. The van der Waals surface area contributed by atoms with E-state index in [1.54, 1.807) is 49.4 Å². The van der Waals surface area contributed by atoms with Crippen molar-refractivity contribution in [3.63, 3.8) is 0 Å². The third-order valence-electron chi connectivity index (χ3n) is 5.99. The molecule has 0 aliphatic heterocycles. The fourth-order valence-corrected chi connectivity index (χ4v) is 5.19. The lowest BCUT2D eigenvalue weighted by molar-refractivity contribution is -0.139. The Morgan fingerprint density at radius 2 is 1.56 bits per heavy atom. The lowest BCUT2D eigenvalue weighted by Crippen LogP contribution is -2.50. The zero-order valence-corrected chi connectivity index (χ0v) is 21.7. The van der Waals surface area contributed by atoms with Gasteiger partial charge >= 0.3 is 0 Å². The van der Waals surface area contributed by atoms with E-state index in [9.17, 15) is 18.0 Å².